The topological polar surface area (TPSA) is 136 Å². The Hall–Kier alpha value is -3.43. The predicted octanol–water partition coefficient (Wildman–Crippen LogP) is 1.14. The Balaban J connectivity index is 1.57. The van der Waals surface area contributed by atoms with E-state index in [0.717, 1.165) is 6.26 Å². The first-order chi connectivity index (χ1) is 11.1. The van der Waals surface area contributed by atoms with Crippen LogP contribution >= 0.6 is 0 Å². The van der Waals surface area contributed by atoms with E-state index in [0.29, 0.717) is 5.89 Å². The number of aromatic nitrogens is 3. The Kier molecular flexibility index (Phi) is 3.87. The van der Waals surface area contributed by atoms with Crippen molar-refractivity contribution < 1.29 is 22.8 Å². The van der Waals surface area contributed by atoms with Gasteiger partial charge < -0.3 is 18.6 Å². The van der Waals surface area contributed by atoms with E-state index in [-0.39, 0.29) is 29.9 Å². The third-order valence-corrected chi connectivity index (χ3v) is 2.67. The van der Waals surface area contributed by atoms with Crippen molar-refractivity contribution in [3.8, 4) is 0 Å². The summed E-state index contributed by atoms with van der Waals surface area (Å²) in [5.74, 6) is -0.279. The standard InChI is InChI=1S/C13H11N5O5/c1-7-17-18-10(23-7)5-14-11(19)8-6-22-13(15-8)16-12(20)9-3-2-4-21-9/h2-4,6H,5H2,1H3,(H,14,19)(H,15,16,20). The third kappa shape index (κ3) is 3.43. The molecule has 0 aliphatic heterocycles. The van der Waals surface area contributed by atoms with Crippen LogP contribution in [0.3, 0.4) is 0 Å². The fraction of sp³-hybridized carbons (Fsp3) is 0.154. The van der Waals surface area contributed by atoms with Gasteiger partial charge >= 0.3 is 6.01 Å². The highest BCUT2D eigenvalue weighted by atomic mass is 16.4. The van der Waals surface area contributed by atoms with Crippen LogP contribution in [0.15, 0.2) is 37.9 Å². The van der Waals surface area contributed by atoms with Crippen molar-refractivity contribution in [3.05, 3.63) is 47.9 Å². The van der Waals surface area contributed by atoms with Crippen molar-refractivity contribution in [2.75, 3.05) is 5.32 Å². The van der Waals surface area contributed by atoms with Gasteiger partial charge in [-0.15, -0.1) is 10.2 Å². The number of carbonyl (C=O) groups is 2. The lowest BCUT2D eigenvalue weighted by atomic mass is 10.4. The molecule has 0 radical (unpaired) electrons. The average molecular weight is 317 g/mol. The molecule has 3 rings (SSSR count). The van der Waals surface area contributed by atoms with Crippen LogP contribution in [-0.2, 0) is 6.54 Å². The molecular formula is C13H11N5O5. The minimum atomic E-state index is -0.537. The number of nitrogens with zero attached hydrogens (tertiary/aromatic N) is 3. The van der Waals surface area contributed by atoms with E-state index in [1.165, 1.54) is 12.3 Å². The van der Waals surface area contributed by atoms with Gasteiger partial charge in [0.1, 0.15) is 6.26 Å². The lowest BCUT2D eigenvalue weighted by Crippen LogP contribution is -2.23. The fourth-order valence-electron chi connectivity index (χ4n) is 1.66. The molecule has 0 fully saturated rings. The molecule has 118 valence electrons. The van der Waals surface area contributed by atoms with Gasteiger partial charge in [0.05, 0.1) is 12.8 Å². The van der Waals surface area contributed by atoms with Crippen molar-refractivity contribution >= 4 is 17.8 Å². The highest BCUT2D eigenvalue weighted by molar-refractivity contribution is 6.01. The molecule has 3 aromatic rings. The number of nitrogens with one attached hydrogen (secondary N) is 2. The second kappa shape index (κ2) is 6.13. The van der Waals surface area contributed by atoms with Crippen molar-refractivity contribution in [1.29, 1.82) is 0 Å². The van der Waals surface area contributed by atoms with E-state index < -0.39 is 11.8 Å². The van der Waals surface area contributed by atoms with E-state index >= 15 is 0 Å². The molecule has 0 atom stereocenters. The zero-order valence-electron chi connectivity index (χ0n) is 11.9. The van der Waals surface area contributed by atoms with E-state index in [1.807, 2.05) is 0 Å². The lowest BCUT2D eigenvalue weighted by molar-refractivity contribution is 0.0940. The van der Waals surface area contributed by atoms with Gasteiger partial charge in [0, 0.05) is 6.92 Å². The Morgan fingerprint density at radius 2 is 2.09 bits per heavy atom. The zero-order valence-corrected chi connectivity index (χ0v) is 11.9. The highest BCUT2D eigenvalue weighted by Crippen LogP contribution is 2.10. The Bertz CT molecular complexity index is 820. The minimum absolute atomic E-state index is 0.00372. The number of oxazole rings is 1. The summed E-state index contributed by atoms with van der Waals surface area (Å²) >= 11 is 0. The summed E-state index contributed by atoms with van der Waals surface area (Å²) in [4.78, 5) is 27.5. The molecule has 3 aromatic heterocycles. The Labute approximate surface area is 128 Å². The molecule has 0 saturated heterocycles. The summed E-state index contributed by atoms with van der Waals surface area (Å²) in [6.45, 7) is 1.70. The first-order valence-electron chi connectivity index (χ1n) is 6.49. The number of carbonyl (C=O) groups excluding carboxylic acids is 2. The average Bonchev–Trinajstić information content (AvgIpc) is 3.26. The van der Waals surface area contributed by atoms with Gasteiger partial charge in [-0.2, -0.15) is 4.98 Å². The number of aryl methyl sites for hydroxylation is 1. The third-order valence-electron chi connectivity index (χ3n) is 2.67. The van der Waals surface area contributed by atoms with Gasteiger partial charge in [-0.3, -0.25) is 14.9 Å². The lowest BCUT2D eigenvalue weighted by Gasteiger charge is -1.98. The number of hydrogen-bond donors (Lipinski definition) is 2. The van der Waals surface area contributed by atoms with Crippen LogP contribution in [0.4, 0.5) is 6.01 Å². The van der Waals surface area contributed by atoms with Crippen LogP contribution in [0.2, 0.25) is 0 Å². The molecule has 0 saturated carbocycles. The number of hydrogen-bond acceptors (Lipinski definition) is 8. The molecule has 0 bridgehead atoms. The molecule has 2 amide bonds. The quantitative estimate of drug-likeness (QED) is 0.714. The van der Waals surface area contributed by atoms with E-state index in [2.05, 4.69) is 25.8 Å². The SMILES string of the molecule is Cc1nnc(CNC(=O)c2coc(NC(=O)c3ccco3)n2)o1. The minimum Gasteiger partial charge on any atom is -0.459 e. The first kappa shape index (κ1) is 14.5. The molecule has 0 aliphatic rings. The van der Waals surface area contributed by atoms with Gasteiger partial charge in [-0.1, -0.05) is 0 Å². The maximum atomic E-state index is 11.9. The van der Waals surface area contributed by atoms with Crippen LogP contribution in [0.5, 0.6) is 0 Å². The number of furan rings is 1. The van der Waals surface area contributed by atoms with E-state index in [4.69, 9.17) is 13.3 Å². The summed E-state index contributed by atoms with van der Waals surface area (Å²) in [5, 5.41) is 12.3. The maximum absolute atomic E-state index is 11.9. The molecule has 0 unspecified atom stereocenters. The van der Waals surface area contributed by atoms with Crippen LogP contribution in [0.1, 0.15) is 32.8 Å². The molecule has 0 aliphatic carbocycles. The molecule has 23 heavy (non-hydrogen) atoms. The molecule has 2 N–H and O–H groups in total. The largest absolute Gasteiger partial charge is 0.459 e. The molecule has 0 aromatic carbocycles. The Morgan fingerprint density at radius 1 is 1.22 bits per heavy atom. The van der Waals surface area contributed by atoms with Crippen molar-refractivity contribution in [2.45, 2.75) is 13.5 Å². The summed E-state index contributed by atoms with van der Waals surface area (Å²) in [7, 11) is 0. The summed E-state index contributed by atoms with van der Waals surface area (Å²) in [6.07, 6.45) is 2.48. The monoisotopic (exact) mass is 317 g/mol. The number of amides is 2. The van der Waals surface area contributed by atoms with Gasteiger partial charge in [0.2, 0.25) is 11.8 Å². The van der Waals surface area contributed by atoms with Crippen molar-refractivity contribution in [2.24, 2.45) is 0 Å². The van der Waals surface area contributed by atoms with Gasteiger partial charge in [0.15, 0.2) is 11.5 Å². The van der Waals surface area contributed by atoms with Crippen molar-refractivity contribution in [1.82, 2.24) is 20.5 Å². The summed E-state index contributed by atoms with van der Waals surface area (Å²) in [5.41, 5.74) is -0.00372. The summed E-state index contributed by atoms with van der Waals surface area (Å²) in [6, 6.07) is 2.94. The second-order valence-corrected chi connectivity index (χ2v) is 4.37. The highest BCUT2D eigenvalue weighted by Gasteiger charge is 2.16. The first-order valence-corrected chi connectivity index (χ1v) is 6.49. The maximum Gasteiger partial charge on any atom is 0.302 e. The van der Waals surface area contributed by atoms with Crippen LogP contribution in [0.25, 0.3) is 0 Å². The van der Waals surface area contributed by atoms with Crippen LogP contribution < -0.4 is 10.6 Å². The zero-order chi connectivity index (χ0) is 16.2. The predicted molar refractivity (Wildman–Crippen MR) is 73.4 cm³/mol. The molecule has 0 spiro atoms. The summed E-state index contributed by atoms with van der Waals surface area (Å²) < 4.78 is 15.1. The van der Waals surface area contributed by atoms with Crippen LogP contribution in [0, 0.1) is 6.92 Å². The van der Waals surface area contributed by atoms with E-state index in [9.17, 15) is 9.59 Å². The molecule has 10 nitrogen and oxygen atoms in total. The number of rotatable bonds is 5. The van der Waals surface area contributed by atoms with E-state index in [1.54, 1.807) is 13.0 Å². The van der Waals surface area contributed by atoms with Gasteiger partial charge in [-0.05, 0) is 12.1 Å². The normalized spacial score (nSPS) is 10.5. The fourth-order valence-corrected chi connectivity index (χ4v) is 1.66. The molecular weight excluding hydrogens is 306 g/mol. The molecule has 10 heteroatoms. The van der Waals surface area contributed by atoms with Crippen molar-refractivity contribution in [3.63, 3.8) is 0 Å². The van der Waals surface area contributed by atoms with Gasteiger partial charge in [0.25, 0.3) is 11.8 Å². The number of anilines is 1. The van der Waals surface area contributed by atoms with Crippen LogP contribution in [-0.4, -0.2) is 27.0 Å². The molecule has 3 heterocycles. The second-order valence-electron chi connectivity index (χ2n) is 4.37. The van der Waals surface area contributed by atoms with Gasteiger partial charge in [-0.25, -0.2) is 0 Å². The Morgan fingerprint density at radius 3 is 2.78 bits per heavy atom. The smallest absolute Gasteiger partial charge is 0.302 e.